The minimum absolute atomic E-state index is 0.234. The van der Waals surface area contributed by atoms with E-state index >= 15 is 0 Å². The lowest BCUT2D eigenvalue weighted by molar-refractivity contribution is 0.302. The van der Waals surface area contributed by atoms with E-state index in [4.69, 9.17) is 5.11 Å². The third-order valence-electron chi connectivity index (χ3n) is 2.48. The molecule has 0 amide bonds. The van der Waals surface area contributed by atoms with Crippen molar-refractivity contribution in [2.75, 3.05) is 6.61 Å². The Kier molecular flexibility index (Phi) is 11.6. The van der Waals surface area contributed by atoms with Crippen LogP contribution in [0.4, 0.5) is 0 Å². The van der Waals surface area contributed by atoms with Gasteiger partial charge in [0.2, 0.25) is 0 Å². The maximum atomic E-state index is 8.69. The van der Waals surface area contributed by atoms with Gasteiger partial charge in [0.15, 0.2) is 0 Å². The smallest absolute Gasteiger partial charge is 0.0465 e. The van der Waals surface area contributed by atoms with Crippen LogP contribution in [0.15, 0.2) is 37.0 Å². The highest BCUT2D eigenvalue weighted by Gasteiger charge is 1.95. The molecule has 0 aliphatic carbocycles. The number of unbranched alkanes of at least 4 members (excludes halogenated alkanes) is 3. The first kappa shape index (κ1) is 15.2. The van der Waals surface area contributed by atoms with Crippen molar-refractivity contribution in [1.29, 1.82) is 0 Å². The molecular weight excluding hydrogens is 196 g/mol. The molecule has 0 saturated carbocycles. The van der Waals surface area contributed by atoms with Crippen LogP contribution in [0.2, 0.25) is 0 Å². The number of aliphatic hydroxyl groups excluding tert-OH is 1. The van der Waals surface area contributed by atoms with E-state index in [1.807, 2.05) is 12.2 Å². The van der Waals surface area contributed by atoms with Gasteiger partial charge >= 0.3 is 0 Å². The van der Waals surface area contributed by atoms with Gasteiger partial charge in [0, 0.05) is 6.61 Å². The molecule has 1 heteroatoms. The van der Waals surface area contributed by atoms with Crippen molar-refractivity contribution in [3.63, 3.8) is 0 Å². The highest BCUT2D eigenvalue weighted by atomic mass is 16.2. The van der Waals surface area contributed by atoms with Crippen LogP contribution in [0.1, 0.15) is 45.4 Å². The Hall–Kier alpha value is -0.820. The van der Waals surface area contributed by atoms with Gasteiger partial charge in [-0.15, -0.1) is 6.58 Å². The molecule has 92 valence electrons. The zero-order valence-electron chi connectivity index (χ0n) is 10.6. The molecule has 0 fully saturated rings. The number of aliphatic hydroxyl groups is 1. The molecule has 16 heavy (non-hydrogen) atoms. The highest BCUT2D eigenvalue weighted by molar-refractivity contribution is 5.02. The van der Waals surface area contributed by atoms with E-state index in [-0.39, 0.29) is 6.61 Å². The first-order chi connectivity index (χ1) is 7.85. The van der Waals surface area contributed by atoms with Crippen molar-refractivity contribution in [2.24, 2.45) is 5.92 Å². The van der Waals surface area contributed by atoms with Gasteiger partial charge in [0.05, 0.1) is 0 Å². The lowest BCUT2D eigenvalue weighted by Gasteiger charge is -2.03. The molecule has 0 rings (SSSR count). The average molecular weight is 222 g/mol. The van der Waals surface area contributed by atoms with E-state index in [9.17, 15) is 0 Å². The van der Waals surface area contributed by atoms with E-state index in [1.165, 1.54) is 25.7 Å². The van der Waals surface area contributed by atoms with Crippen molar-refractivity contribution >= 4 is 0 Å². The molecule has 0 aromatic carbocycles. The Labute approximate surface area is 101 Å². The van der Waals surface area contributed by atoms with Crippen LogP contribution >= 0.6 is 0 Å². The Morgan fingerprint density at radius 1 is 1.12 bits per heavy atom. The zero-order valence-corrected chi connectivity index (χ0v) is 10.6. The molecule has 0 aliphatic heterocycles. The van der Waals surface area contributed by atoms with E-state index in [1.54, 1.807) is 0 Å². The molecule has 0 bridgehead atoms. The first-order valence-corrected chi connectivity index (χ1v) is 6.40. The molecule has 0 aliphatic rings. The molecule has 0 heterocycles. The predicted octanol–water partition coefficient (Wildman–Crippen LogP) is 4.25. The Balaban J connectivity index is 3.86. The lowest BCUT2D eigenvalue weighted by atomic mass is 10.0. The van der Waals surface area contributed by atoms with Crippen LogP contribution in [0.3, 0.4) is 0 Å². The predicted molar refractivity (Wildman–Crippen MR) is 72.4 cm³/mol. The van der Waals surface area contributed by atoms with Crippen molar-refractivity contribution in [3.05, 3.63) is 37.0 Å². The van der Waals surface area contributed by atoms with Crippen molar-refractivity contribution < 1.29 is 5.11 Å². The molecule has 0 spiro atoms. The number of hydrogen-bond acceptors (Lipinski definition) is 1. The summed E-state index contributed by atoms with van der Waals surface area (Å²) in [6, 6.07) is 0. The summed E-state index contributed by atoms with van der Waals surface area (Å²) < 4.78 is 0. The van der Waals surface area contributed by atoms with Crippen LogP contribution in [0, 0.1) is 5.92 Å². The third-order valence-corrected chi connectivity index (χ3v) is 2.48. The standard InChI is InChI=1S/C15H26O/c1-3-5-6-7-8-12-15(11-4-2)13-9-10-14-16/h4,8-9,12-13,15-16H,2-3,5-7,10-11,14H2,1H3/b12-8-,13-9-/t15-/m1/s1. The topological polar surface area (TPSA) is 20.2 Å². The normalized spacial score (nSPS) is 13.6. The molecule has 1 N–H and O–H groups in total. The fourth-order valence-electron chi connectivity index (χ4n) is 1.54. The molecular formula is C15H26O. The van der Waals surface area contributed by atoms with E-state index in [0.29, 0.717) is 5.92 Å². The van der Waals surface area contributed by atoms with Crippen LogP contribution < -0.4 is 0 Å². The van der Waals surface area contributed by atoms with Gasteiger partial charge in [-0.1, -0.05) is 50.1 Å². The summed E-state index contributed by atoms with van der Waals surface area (Å²) in [5, 5.41) is 8.69. The van der Waals surface area contributed by atoms with Crippen LogP contribution in [0.5, 0.6) is 0 Å². The summed E-state index contributed by atoms with van der Waals surface area (Å²) in [4.78, 5) is 0. The molecule has 1 atom stereocenters. The molecule has 0 aromatic rings. The zero-order chi connectivity index (χ0) is 12.1. The second kappa shape index (κ2) is 12.3. The van der Waals surface area contributed by atoms with E-state index < -0.39 is 0 Å². The second-order valence-electron chi connectivity index (χ2n) is 4.05. The van der Waals surface area contributed by atoms with Crippen molar-refractivity contribution in [1.82, 2.24) is 0 Å². The maximum Gasteiger partial charge on any atom is 0.0465 e. The number of allylic oxidation sites excluding steroid dienone is 4. The highest BCUT2D eigenvalue weighted by Crippen LogP contribution is 2.10. The number of rotatable bonds is 10. The monoisotopic (exact) mass is 222 g/mol. The average Bonchev–Trinajstić information content (AvgIpc) is 2.29. The summed E-state index contributed by atoms with van der Waals surface area (Å²) in [5.41, 5.74) is 0. The van der Waals surface area contributed by atoms with Gasteiger partial charge in [-0.25, -0.2) is 0 Å². The first-order valence-electron chi connectivity index (χ1n) is 6.40. The molecule has 0 radical (unpaired) electrons. The quantitative estimate of drug-likeness (QED) is 0.432. The molecule has 0 aromatic heterocycles. The maximum absolute atomic E-state index is 8.69. The summed E-state index contributed by atoms with van der Waals surface area (Å²) in [6.07, 6.45) is 17.5. The van der Waals surface area contributed by atoms with Crippen molar-refractivity contribution in [2.45, 2.75) is 45.4 Å². The minimum atomic E-state index is 0.234. The fourth-order valence-corrected chi connectivity index (χ4v) is 1.54. The summed E-state index contributed by atoms with van der Waals surface area (Å²) in [5.74, 6) is 0.450. The van der Waals surface area contributed by atoms with E-state index in [0.717, 1.165) is 12.8 Å². The van der Waals surface area contributed by atoms with Crippen LogP contribution in [0.25, 0.3) is 0 Å². The van der Waals surface area contributed by atoms with Gasteiger partial charge < -0.3 is 5.11 Å². The van der Waals surface area contributed by atoms with Gasteiger partial charge in [0.25, 0.3) is 0 Å². The second-order valence-corrected chi connectivity index (χ2v) is 4.05. The van der Waals surface area contributed by atoms with Crippen LogP contribution in [-0.4, -0.2) is 11.7 Å². The largest absolute Gasteiger partial charge is 0.396 e. The van der Waals surface area contributed by atoms with E-state index in [2.05, 4.69) is 31.7 Å². The molecule has 0 saturated heterocycles. The van der Waals surface area contributed by atoms with Gasteiger partial charge in [-0.2, -0.15) is 0 Å². The van der Waals surface area contributed by atoms with Crippen LogP contribution in [-0.2, 0) is 0 Å². The SMILES string of the molecule is C=CC[C@@H](/C=C\CCO)/C=C\CCCCC. The number of hydrogen-bond donors (Lipinski definition) is 1. The van der Waals surface area contributed by atoms with Gasteiger partial charge in [0.1, 0.15) is 0 Å². The van der Waals surface area contributed by atoms with Gasteiger partial charge in [-0.3, -0.25) is 0 Å². The Bertz CT molecular complexity index is 203. The Morgan fingerprint density at radius 2 is 1.81 bits per heavy atom. The van der Waals surface area contributed by atoms with Crippen molar-refractivity contribution in [3.8, 4) is 0 Å². The van der Waals surface area contributed by atoms with Gasteiger partial charge in [-0.05, 0) is 31.6 Å². The molecule has 1 nitrogen and oxygen atoms in total. The lowest BCUT2D eigenvalue weighted by Crippen LogP contribution is -1.89. The minimum Gasteiger partial charge on any atom is -0.396 e. The summed E-state index contributed by atoms with van der Waals surface area (Å²) >= 11 is 0. The summed E-state index contributed by atoms with van der Waals surface area (Å²) in [6.45, 7) is 6.23. The Morgan fingerprint density at radius 3 is 2.38 bits per heavy atom. The summed E-state index contributed by atoms with van der Waals surface area (Å²) in [7, 11) is 0. The third kappa shape index (κ3) is 9.72. The fraction of sp³-hybridized carbons (Fsp3) is 0.600. The molecule has 0 unspecified atom stereocenters.